The van der Waals surface area contributed by atoms with E-state index in [0.29, 0.717) is 12.1 Å². The number of pyridine rings is 1. The first-order valence-corrected chi connectivity index (χ1v) is 6.49. The molecule has 0 aliphatic heterocycles. The molecule has 0 saturated carbocycles. The van der Waals surface area contributed by atoms with Gasteiger partial charge in [-0.15, -0.1) is 0 Å². The largest absolute Gasteiger partial charge is 0.481 e. The minimum absolute atomic E-state index is 0.0654. The van der Waals surface area contributed by atoms with Gasteiger partial charge in [0.15, 0.2) is 0 Å². The van der Waals surface area contributed by atoms with Crippen molar-refractivity contribution in [3.63, 3.8) is 0 Å². The van der Waals surface area contributed by atoms with E-state index in [0.717, 1.165) is 6.07 Å². The van der Waals surface area contributed by atoms with Crippen LogP contribution in [-0.4, -0.2) is 29.1 Å². The lowest BCUT2D eigenvalue weighted by molar-refractivity contribution is -0.137. The molecule has 0 bridgehead atoms. The number of hydrogen-bond acceptors (Lipinski definition) is 4. The van der Waals surface area contributed by atoms with E-state index < -0.39 is 34.7 Å². The first kappa shape index (κ1) is 17.3. The lowest BCUT2D eigenvalue weighted by Crippen LogP contribution is -2.18. The molecule has 2 aromatic rings. The number of aromatic carboxylic acids is 1. The number of halogens is 3. The van der Waals surface area contributed by atoms with Crippen LogP contribution in [0.2, 0.25) is 0 Å². The van der Waals surface area contributed by atoms with Crippen LogP contribution < -0.4 is 10.1 Å². The number of amides is 1. The molecule has 1 aromatic heterocycles. The molecule has 1 aromatic carbocycles. The summed E-state index contributed by atoms with van der Waals surface area (Å²) in [5.74, 6) is -2.28. The first-order chi connectivity index (χ1) is 11.2. The number of benzene rings is 1. The number of alkyl halides is 3. The molecule has 0 radical (unpaired) electrons. The van der Waals surface area contributed by atoms with E-state index in [2.05, 4.69) is 10.3 Å². The van der Waals surface area contributed by atoms with Gasteiger partial charge in [-0.3, -0.25) is 4.79 Å². The number of aromatic nitrogens is 1. The zero-order valence-electron chi connectivity index (χ0n) is 12.2. The average Bonchev–Trinajstić information content (AvgIpc) is 2.53. The van der Waals surface area contributed by atoms with Crippen LogP contribution in [0.15, 0.2) is 36.4 Å². The van der Waals surface area contributed by atoms with Gasteiger partial charge in [0.1, 0.15) is 5.82 Å². The van der Waals surface area contributed by atoms with E-state index in [1.165, 1.54) is 25.3 Å². The van der Waals surface area contributed by atoms with Gasteiger partial charge in [0.25, 0.3) is 5.91 Å². The second-order valence-electron chi connectivity index (χ2n) is 4.58. The van der Waals surface area contributed by atoms with E-state index in [1.54, 1.807) is 0 Å². The summed E-state index contributed by atoms with van der Waals surface area (Å²) in [5.41, 5.74) is -2.33. The van der Waals surface area contributed by atoms with Crippen LogP contribution in [0.25, 0.3) is 0 Å². The van der Waals surface area contributed by atoms with Gasteiger partial charge in [-0.25, -0.2) is 4.79 Å². The third kappa shape index (κ3) is 3.80. The Kier molecular flexibility index (Phi) is 4.72. The Hall–Kier alpha value is -3.10. The minimum atomic E-state index is -4.71. The normalized spacial score (nSPS) is 11.0. The molecule has 0 aliphatic rings. The zero-order valence-corrected chi connectivity index (χ0v) is 12.2. The Morgan fingerprint density at radius 2 is 1.88 bits per heavy atom. The number of anilines is 1. The molecule has 24 heavy (non-hydrogen) atoms. The number of hydrogen-bond donors (Lipinski definition) is 2. The molecule has 2 N–H and O–H groups in total. The molecule has 1 heterocycles. The van der Waals surface area contributed by atoms with Crippen molar-refractivity contribution in [3.8, 4) is 5.88 Å². The summed E-state index contributed by atoms with van der Waals surface area (Å²) in [6.07, 6.45) is -4.71. The number of ether oxygens (including phenoxy) is 1. The van der Waals surface area contributed by atoms with Crippen LogP contribution in [-0.2, 0) is 6.18 Å². The highest BCUT2D eigenvalue weighted by Crippen LogP contribution is 2.30. The molecule has 1 amide bonds. The van der Waals surface area contributed by atoms with Gasteiger partial charge in [-0.2, -0.15) is 18.2 Å². The highest BCUT2D eigenvalue weighted by Gasteiger charge is 2.32. The van der Waals surface area contributed by atoms with E-state index in [4.69, 9.17) is 9.84 Å². The van der Waals surface area contributed by atoms with Crippen molar-refractivity contribution in [1.29, 1.82) is 0 Å². The summed E-state index contributed by atoms with van der Waals surface area (Å²) in [6, 6.07) is 6.34. The maximum absolute atomic E-state index is 12.7. The Labute approximate surface area is 133 Å². The molecule has 0 spiro atoms. The monoisotopic (exact) mass is 340 g/mol. The van der Waals surface area contributed by atoms with E-state index >= 15 is 0 Å². The number of nitrogens with zero attached hydrogens (tertiary/aromatic N) is 1. The predicted octanol–water partition coefficient (Wildman–Crippen LogP) is 3.06. The molecular weight excluding hydrogens is 329 g/mol. The Bertz CT molecular complexity index is 791. The lowest BCUT2D eigenvalue weighted by atomic mass is 10.0. The standard InChI is InChI=1S/C15H11F3N2O4/c1-24-12-4-2-3-11(19-12)20-13(21)9-6-5-8(15(16,17)18)7-10(9)14(22)23/h2-7H,1H3,(H,22,23)(H,19,20,21). The lowest BCUT2D eigenvalue weighted by Gasteiger charge is -2.11. The summed E-state index contributed by atoms with van der Waals surface area (Å²) in [4.78, 5) is 27.2. The molecule has 0 aliphatic carbocycles. The van der Waals surface area contributed by atoms with Crippen LogP contribution in [0, 0.1) is 0 Å². The molecule has 2 rings (SSSR count). The quantitative estimate of drug-likeness (QED) is 0.893. The van der Waals surface area contributed by atoms with Gasteiger partial charge in [-0.1, -0.05) is 6.07 Å². The number of methoxy groups -OCH3 is 1. The minimum Gasteiger partial charge on any atom is -0.481 e. The summed E-state index contributed by atoms with van der Waals surface area (Å²) < 4.78 is 42.9. The fraction of sp³-hybridized carbons (Fsp3) is 0.133. The molecule has 9 heteroatoms. The summed E-state index contributed by atoms with van der Waals surface area (Å²) in [5, 5.41) is 11.4. The topological polar surface area (TPSA) is 88.5 Å². The van der Waals surface area contributed by atoms with E-state index in [9.17, 15) is 22.8 Å². The average molecular weight is 340 g/mol. The van der Waals surface area contributed by atoms with Gasteiger partial charge in [0, 0.05) is 6.07 Å². The van der Waals surface area contributed by atoms with Crippen LogP contribution >= 0.6 is 0 Å². The Morgan fingerprint density at radius 3 is 2.46 bits per heavy atom. The van der Waals surface area contributed by atoms with Crippen molar-refractivity contribution in [2.75, 3.05) is 12.4 Å². The van der Waals surface area contributed by atoms with Crippen LogP contribution in [0.4, 0.5) is 19.0 Å². The summed E-state index contributed by atoms with van der Waals surface area (Å²) in [6.45, 7) is 0. The van der Waals surface area contributed by atoms with Gasteiger partial charge in [0.05, 0.1) is 23.8 Å². The SMILES string of the molecule is COc1cccc(NC(=O)c2ccc(C(F)(F)F)cc2C(=O)O)n1. The van der Waals surface area contributed by atoms with Crippen molar-refractivity contribution >= 4 is 17.7 Å². The molecule has 0 unspecified atom stereocenters. The Morgan fingerprint density at radius 1 is 1.17 bits per heavy atom. The second-order valence-corrected chi connectivity index (χ2v) is 4.58. The number of nitrogens with one attached hydrogen (secondary N) is 1. The van der Waals surface area contributed by atoms with Gasteiger partial charge >= 0.3 is 12.1 Å². The number of carbonyl (C=O) groups is 2. The molecule has 126 valence electrons. The first-order valence-electron chi connectivity index (χ1n) is 6.49. The van der Waals surface area contributed by atoms with Crippen LogP contribution in [0.1, 0.15) is 26.3 Å². The van der Waals surface area contributed by atoms with Crippen molar-refractivity contribution < 1.29 is 32.6 Å². The highest BCUT2D eigenvalue weighted by atomic mass is 19.4. The number of carboxylic acids is 1. The summed E-state index contributed by atoms with van der Waals surface area (Å²) >= 11 is 0. The smallest absolute Gasteiger partial charge is 0.416 e. The van der Waals surface area contributed by atoms with E-state index in [1.807, 2.05) is 0 Å². The van der Waals surface area contributed by atoms with Crippen LogP contribution in [0.3, 0.4) is 0 Å². The van der Waals surface area contributed by atoms with Crippen molar-refractivity contribution in [3.05, 3.63) is 53.1 Å². The van der Waals surface area contributed by atoms with E-state index in [-0.39, 0.29) is 11.7 Å². The number of carbonyl (C=O) groups excluding carboxylic acids is 1. The molecular formula is C15H11F3N2O4. The van der Waals surface area contributed by atoms with Crippen molar-refractivity contribution in [1.82, 2.24) is 4.98 Å². The number of rotatable bonds is 4. The molecule has 0 atom stereocenters. The van der Waals surface area contributed by atoms with Gasteiger partial charge in [-0.05, 0) is 24.3 Å². The number of carboxylic acid groups (broad SMARTS) is 1. The summed E-state index contributed by atoms with van der Waals surface area (Å²) in [7, 11) is 1.37. The molecule has 0 fully saturated rings. The molecule has 0 saturated heterocycles. The van der Waals surface area contributed by atoms with Crippen LogP contribution in [0.5, 0.6) is 5.88 Å². The fourth-order valence-electron chi connectivity index (χ4n) is 1.88. The third-order valence-electron chi connectivity index (χ3n) is 3.00. The maximum atomic E-state index is 12.7. The maximum Gasteiger partial charge on any atom is 0.416 e. The highest BCUT2D eigenvalue weighted by molar-refractivity contribution is 6.10. The molecule has 6 nitrogen and oxygen atoms in total. The van der Waals surface area contributed by atoms with Crippen molar-refractivity contribution in [2.24, 2.45) is 0 Å². The fourth-order valence-corrected chi connectivity index (χ4v) is 1.88. The van der Waals surface area contributed by atoms with Gasteiger partial charge in [0.2, 0.25) is 5.88 Å². The third-order valence-corrected chi connectivity index (χ3v) is 3.00. The van der Waals surface area contributed by atoms with Gasteiger partial charge < -0.3 is 15.2 Å². The second kappa shape index (κ2) is 6.57. The Balaban J connectivity index is 2.36. The zero-order chi connectivity index (χ0) is 17.9. The predicted molar refractivity (Wildman–Crippen MR) is 77.1 cm³/mol. The van der Waals surface area contributed by atoms with Crippen molar-refractivity contribution in [2.45, 2.75) is 6.18 Å².